The number of allylic oxidation sites excluding steroid dienone is 1. The number of rotatable bonds is 6. The van der Waals surface area contributed by atoms with Crippen LogP contribution in [0.1, 0.15) is 33.8 Å². The lowest BCUT2D eigenvalue weighted by atomic mass is 9.94. The van der Waals surface area contributed by atoms with Gasteiger partial charge in [-0.1, -0.05) is 54.6 Å². The molecule has 6 nitrogen and oxygen atoms in total. The Morgan fingerprint density at radius 2 is 1.76 bits per heavy atom. The van der Waals surface area contributed by atoms with E-state index in [2.05, 4.69) is 5.32 Å². The molecule has 0 spiro atoms. The lowest BCUT2D eigenvalue weighted by Crippen LogP contribution is -2.46. The van der Waals surface area contributed by atoms with Gasteiger partial charge in [-0.15, -0.1) is 11.3 Å². The van der Waals surface area contributed by atoms with Gasteiger partial charge in [-0.2, -0.15) is 0 Å². The van der Waals surface area contributed by atoms with Crippen molar-refractivity contribution in [3.8, 4) is 5.75 Å². The highest BCUT2D eigenvalue weighted by Crippen LogP contribution is 2.36. The molecule has 0 saturated carbocycles. The minimum atomic E-state index is -0.635. The fraction of sp³-hybridized carbons (Fsp3) is 0.160. The molecule has 0 fully saturated rings. The molecule has 2 aromatic carbocycles. The lowest BCUT2D eigenvalue weighted by Gasteiger charge is -2.35. The molecule has 33 heavy (non-hydrogen) atoms. The maximum atomic E-state index is 13.2. The third-order valence-electron chi connectivity index (χ3n) is 5.34. The molecule has 0 bridgehead atoms. The van der Waals surface area contributed by atoms with E-state index in [1.54, 1.807) is 42.3 Å². The van der Waals surface area contributed by atoms with Crippen LogP contribution in [0.4, 0.5) is 0 Å². The monoisotopic (exact) mass is 478 g/mol. The summed E-state index contributed by atoms with van der Waals surface area (Å²) in [5.41, 5.74) is 2.57. The zero-order chi connectivity index (χ0) is 23.4. The quantitative estimate of drug-likeness (QED) is 0.309. The van der Waals surface area contributed by atoms with Crippen LogP contribution in [0.25, 0.3) is 0 Å². The Balaban J connectivity index is 1.66. The minimum Gasteiger partial charge on any atom is -0.457 e. The van der Waals surface area contributed by atoms with Crippen molar-refractivity contribution in [3.63, 3.8) is 0 Å². The molecule has 4 rings (SSSR count). The Labute approximate surface area is 201 Å². The van der Waals surface area contributed by atoms with Crippen molar-refractivity contribution < 1.29 is 19.1 Å². The SMILES string of the molecule is CC1=C(C(=O)OCc2ccccc2)C(c2ccccc2OC(=O)c2cccs2)NC(=S)N1C. The highest BCUT2D eigenvalue weighted by atomic mass is 32.1. The zero-order valence-corrected chi connectivity index (χ0v) is 19.7. The van der Waals surface area contributed by atoms with Crippen LogP contribution in [0.2, 0.25) is 0 Å². The average Bonchev–Trinajstić information content (AvgIpc) is 3.37. The van der Waals surface area contributed by atoms with Gasteiger partial charge < -0.3 is 19.7 Å². The number of carbonyl (C=O) groups is 2. The van der Waals surface area contributed by atoms with Gasteiger partial charge in [0.15, 0.2) is 5.11 Å². The molecule has 168 valence electrons. The molecular weight excluding hydrogens is 456 g/mol. The van der Waals surface area contributed by atoms with E-state index in [0.29, 0.717) is 32.6 Å². The fourth-order valence-electron chi connectivity index (χ4n) is 3.49. The van der Waals surface area contributed by atoms with Crippen LogP contribution in [-0.4, -0.2) is 29.0 Å². The smallest absolute Gasteiger partial charge is 0.353 e. The summed E-state index contributed by atoms with van der Waals surface area (Å²) < 4.78 is 11.3. The number of carbonyl (C=O) groups excluding carboxylic acids is 2. The summed E-state index contributed by atoms with van der Waals surface area (Å²) in [5, 5.41) is 5.47. The molecule has 1 atom stereocenters. The van der Waals surface area contributed by atoms with Gasteiger partial charge in [0.2, 0.25) is 0 Å². The molecule has 1 aliphatic heterocycles. The Bertz CT molecular complexity index is 1210. The van der Waals surface area contributed by atoms with Crippen LogP contribution in [0.15, 0.2) is 83.4 Å². The van der Waals surface area contributed by atoms with Crippen molar-refractivity contribution in [1.29, 1.82) is 0 Å². The molecule has 0 radical (unpaired) electrons. The minimum absolute atomic E-state index is 0.145. The zero-order valence-electron chi connectivity index (χ0n) is 18.1. The first-order valence-corrected chi connectivity index (χ1v) is 11.5. The number of hydrogen-bond donors (Lipinski definition) is 1. The van der Waals surface area contributed by atoms with Gasteiger partial charge in [-0.25, -0.2) is 9.59 Å². The van der Waals surface area contributed by atoms with E-state index >= 15 is 0 Å². The molecule has 1 aromatic heterocycles. The van der Waals surface area contributed by atoms with E-state index in [9.17, 15) is 9.59 Å². The summed E-state index contributed by atoms with van der Waals surface area (Å²) >= 11 is 6.78. The van der Waals surface area contributed by atoms with Crippen molar-refractivity contribution in [3.05, 3.63) is 99.4 Å². The van der Waals surface area contributed by atoms with Crippen molar-refractivity contribution in [1.82, 2.24) is 10.2 Å². The van der Waals surface area contributed by atoms with E-state index in [1.165, 1.54) is 11.3 Å². The number of thiophene rings is 1. The normalized spacial score (nSPS) is 15.8. The van der Waals surface area contributed by atoms with Crippen molar-refractivity contribution in [2.45, 2.75) is 19.6 Å². The molecule has 1 unspecified atom stereocenters. The summed E-state index contributed by atoms with van der Waals surface area (Å²) in [6, 6.07) is 19.4. The Morgan fingerprint density at radius 3 is 2.48 bits per heavy atom. The first-order chi connectivity index (χ1) is 16.0. The summed E-state index contributed by atoms with van der Waals surface area (Å²) in [5.74, 6) is -0.577. The lowest BCUT2D eigenvalue weighted by molar-refractivity contribution is -0.140. The maximum absolute atomic E-state index is 13.2. The number of para-hydroxylation sites is 1. The van der Waals surface area contributed by atoms with Gasteiger partial charge in [0, 0.05) is 18.3 Å². The van der Waals surface area contributed by atoms with Crippen molar-refractivity contribution >= 4 is 40.6 Å². The maximum Gasteiger partial charge on any atom is 0.353 e. The first kappa shape index (κ1) is 22.7. The number of ether oxygens (including phenoxy) is 2. The second-order valence-corrected chi connectivity index (χ2v) is 8.74. The molecule has 1 N–H and O–H groups in total. The molecular formula is C25H22N2O4S2. The van der Waals surface area contributed by atoms with E-state index in [4.69, 9.17) is 21.7 Å². The number of nitrogens with zero attached hydrogens (tertiary/aromatic N) is 1. The van der Waals surface area contributed by atoms with Crippen LogP contribution < -0.4 is 10.1 Å². The second kappa shape index (κ2) is 9.97. The van der Waals surface area contributed by atoms with Crippen LogP contribution in [-0.2, 0) is 16.1 Å². The summed E-state index contributed by atoms with van der Waals surface area (Å²) in [7, 11) is 1.79. The molecule has 0 saturated heterocycles. The van der Waals surface area contributed by atoms with Gasteiger partial charge in [0.1, 0.15) is 17.2 Å². The third-order valence-corrected chi connectivity index (χ3v) is 6.58. The van der Waals surface area contributed by atoms with Crippen LogP contribution in [0, 0.1) is 0 Å². The average molecular weight is 479 g/mol. The largest absolute Gasteiger partial charge is 0.457 e. The third kappa shape index (κ3) is 4.97. The Morgan fingerprint density at radius 1 is 1.03 bits per heavy atom. The van der Waals surface area contributed by atoms with Gasteiger partial charge in [-0.3, -0.25) is 0 Å². The van der Waals surface area contributed by atoms with Crippen LogP contribution >= 0.6 is 23.6 Å². The number of nitrogens with one attached hydrogen (secondary N) is 1. The standard InChI is InChI=1S/C25H22N2O4S2/c1-16-21(24(29)30-15-17-9-4-3-5-10-17)22(26-25(32)27(16)2)18-11-6-7-12-19(18)31-23(28)20-13-8-14-33-20/h3-14,22H,15H2,1-2H3,(H,26,32). The van der Waals surface area contributed by atoms with Gasteiger partial charge in [0.25, 0.3) is 0 Å². The number of thiocarbonyl (C=S) groups is 1. The predicted octanol–water partition coefficient (Wildman–Crippen LogP) is 4.85. The topological polar surface area (TPSA) is 67.9 Å². The second-order valence-electron chi connectivity index (χ2n) is 7.41. The molecule has 0 aliphatic carbocycles. The van der Waals surface area contributed by atoms with Crippen molar-refractivity contribution in [2.75, 3.05) is 7.05 Å². The van der Waals surface area contributed by atoms with E-state index in [0.717, 1.165) is 5.56 Å². The predicted molar refractivity (Wildman–Crippen MR) is 131 cm³/mol. The molecule has 2 heterocycles. The number of benzene rings is 2. The highest BCUT2D eigenvalue weighted by molar-refractivity contribution is 7.80. The Kier molecular flexibility index (Phi) is 6.86. The summed E-state index contributed by atoms with van der Waals surface area (Å²) in [4.78, 5) is 28.1. The van der Waals surface area contributed by atoms with E-state index in [1.807, 2.05) is 48.7 Å². The van der Waals surface area contributed by atoms with Crippen molar-refractivity contribution in [2.24, 2.45) is 0 Å². The summed E-state index contributed by atoms with van der Waals surface area (Å²) in [6.45, 7) is 1.96. The molecule has 3 aromatic rings. The van der Waals surface area contributed by atoms with Gasteiger partial charge >= 0.3 is 11.9 Å². The number of esters is 2. The van der Waals surface area contributed by atoms with Gasteiger partial charge in [0.05, 0.1) is 11.6 Å². The fourth-order valence-corrected chi connectivity index (χ4v) is 4.34. The van der Waals surface area contributed by atoms with E-state index < -0.39 is 18.0 Å². The van der Waals surface area contributed by atoms with Crippen LogP contribution in [0.3, 0.4) is 0 Å². The number of hydrogen-bond acceptors (Lipinski definition) is 6. The molecule has 0 amide bonds. The highest BCUT2D eigenvalue weighted by Gasteiger charge is 2.35. The van der Waals surface area contributed by atoms with Crippen LogP contribution in [0.5, 0.6) is 5.75 Å². The van der Waals surface area contributed by atoms with Gasteiger partial charge in [-0.05, 0) is 42.2 Å². The summed E-state index contributed by atoms with van der Waals surface area (Å²) in [6.07, 6.45) is 0. The van der Waals surface area contributed by atoms with E-state index in [-0.39, 0.29) is 6.61 Å². The molecule has 1 aliphatic rings. The Hall–Kier alpha value is -3.49. The first-order valence-electron chi connectivity index (χ1n) is 10.3. The molecule has 8 heteroatoms.